The molecular formula is C22H36NO5P. The molecule has 7 heteroatoms. The van der Waals surface area contributed by atoms with Gasteiger partial charge in [0.05, 0.1) is 12.7 Å². The highest BCUT2D eigenvalue weighted by atomic mass is 31.2. The molecule has 29 heavy (non-hydrogen) atoms. The van der Waals surface area contributed by atoms with E-state index in [1.165, 1.54) is 36.0 Å². The van der Waals surface area contributed by atoms with Gasteiger partial charge in [0, 0.05) is 12.1 Å². The number of unbranched alkanes of at least 4 members (excludes halogenated alkanes) is 3. The van der Waals surface area contributed by atoms with Gasteiger partial charge in [-0.3, -0.25) is 4.52 Å². The fourth-order valence-electron chi connectivity index (χ4n) is 4.70. The number of rotatable bonds is 10. The van der Waals surface area contributed by atoms with Crippen molar-refractivity contribution < 1.29 is 23.6 Å². The van der Waals surface area contributed by atoms with Crippen LogP contribution in [0.1, 0.15) is 80.9 Å². The summed E-state index contributed by atoms with van der Waals surface area (Å²) in [4.78, 5) is 17.9. The number of nitrogens with two attached hydrogens (primary N) is 1. The zero-order chi connectivity index (χ0) is 20.9. The lowest BCUT2D eigenvalue weighted by atomic mass is 9.85. The van der Waals surface area contributed by atoms with E-state index in [1.807, 2.05) is 0 Å². The summed E-state index contributed by atoms with van der Waals surface area (Å²) in [5, 5.41) is 0. The lowest BCUT2D eigenvalue weighted by molar-refractivity contribution is 0.0417. The Kier molecular flexibility index (Phi) is 7.94. The largest absolute Gasteiger partial charge is 0.469 e. The SMILES string of the molecule is CCCCCCOC1CCc2cc([C@H]3CC[C@](N)(COP(=O)(O)O)C3)ccc2C1. The van der Waals surface area contributed by atoms with Gasteiger partial charge in [-0.15, -0.1) is 0 Å². The predicted octanol–water partition coefficient (Wildman–Crippen LogP) is 4.22. The highest BCUT2D eigenvalue weighted by Crippen LogP contribution is 2.44. The van der Waals surface area contributed by atoms with E-state index in [-0.39, 0.29) is 6.61 Å². The fraction of sp³-hybridized carbons (Fsp3) is 0.727. The van der Waals surface area contributed by atoms with Crippen molar-refractivity contribution in [3.63, 3.8) is 0 Å². The van der Waals surface area contributed by atoms with Crippen LogP contribution in [0.2, 0.25) is 0 Å². The lowest BCUT2D eigenvalue weighted by Crippen LogP contribution is -2.41. The standard InChI is InChI=1S/C22H36NO5P/c1-2-3-4-5-12-27-21-9-8-17-13-18(6-7-19(17)14-21)20-10-11-22(23,15-20)16-28-29(24,25)26/h6-7,13,20-21H,2-5,8-12,14-16,23H2,1H3,(H2,24,25,26)/t20-,21?,22+/m0/s1. The van der Waals surface area contributed by atoms with Crippen molar-refractivity contribution in [1.29, 1.82) is 0 Å². The molecule has 3 atom stereocenters. The quantitative estimate of drug-likeness (QED) is 0.383. The van der Waals surface area contributed by atoms with Crippen LogP contribution in [0.3, 0.4) is 0 Å². The van der Waals surface area contributed by atoms with E-state index < -0.39 is 13.4 Å². The highest BCUT2D eigenvalue weighted by molar-refractivity contribution is 7.46. The lowest BCUT2D eigenvalue weighted by Gasteiger charge is -2.27. The Morgan fingerprint density at radius 2 is 2.03 bits per heavy atom. The Hall–Kier alpha value is -0.750. The van der Waals surface area contributed by atoms with Gasteiger partial charge in [-0.05, 0) is 67.6 Å². The number of benzene rings is 1. The van der Waals surface area contributed by atoms with E-state index in [0.717, 1.165) is 38.7 Å². The maximum atomic E-state index is 11.0. The highest BCUT2D eigenvalue weighted by Gasteiger charge is 2.38. The molecule has 2 aliphatic carbocycles. The molecule has 0 aliphatic heterocycles. The molecule has 164 valence electrons. The van der Waals surface area contributed by atoms with E-state index in [0.29, 0.717) is 24.9 Å². The van der Waals surface area contributed by atoms with E-state index in [1.54, 1.807) is 0 Å². The van der Waals surface area contributed by atoms with Crippen molar-refractivity contribution in [2.45, 2.75) is 88.7 Å². The summed E-state index contributed by atoms with van der Waals surface area (Å²) in [7, 11) is -4.48. The molecule has 2 aliphatic rings. The third-order valence-electron chi connectivity index (χ3n) is 6.40. The summed E-state index contributed by atoms with van der Waals surface area (Å²) in [6.45, 7) is 2.99. The van der Waals surface area contributed by atoms with Gasteiger partial charge in [0.1, 0.15) is 0 Å². The summed E-state index contributed by atoms with van der Waals surface area (Å²) in [6, 6.07) is 6.75. The van der Waals surface area contributed by atoms with Crippen molar-refractivity contribution in [2.24, 2.45) is 5.73 Å². The van der Waals surface area contributed by atoms with Crippen LogP contribution in [-0.4, -0.2) is 34.6 Å². The van der Waals surface area contributed by atoms with E-state index >= 15 is 0 Å². The van der Waals surface area contributed by atoms with Crippen LogP contribution in [0.5, 0.6) is 0 Å². The minimum absolute atomic E-state index is 0.101. The molecule has 4 N–H and O–H groups in total. The summed E-state index contributed by atoms with van der Waals surface area (Å²) in [5.41, 5.74) is 9.76. The summed E-state index contributed by atoms with van der Waals surface area (Å²) in [5.74, 6) is 0.318. The van der Waals surface area contributed by atoms with Crippen molar-refractivity contribution in [1.82, 2.24) is 0 Å². The molecule has 1 saturated carbocycles. The van der Waals surface area contributed by atoms with E-state index in [2.05, 4.69) is 29.6 Å². The molecule has 1 aromatic carbocycles. The molecule has 0 aromatic heterocycles. The Bertz CT molecular complexity index is 721. The Balaban J connectivity index is 1.52. The first-order valence-electron chi connectivity index (χ1n) is 11.0. The average Bonchev–Trinajstić information content (AvgIpc) is 3.08. The number of hydrogen-bond acceptors (Lipinski definition) is 4. The molecule has 0 amide bonds. The monoisotopic (exact) mass is 425 g/mol. The number of phosphoric ester groups is 1. The third-order valence-corrected chi connectivity index (χ3v) is 6.87. The van der Waals surface area contributed by atoms with E-state index in [9.17, 15) is 4.57 Å². The Labute approximate surface area is 174 Å². The summed E-state index contributed by atoms with van der Waals surface area (Å²) >= 11 is 0. The van der Waals surface area contributed by atoms with Crippen LogP contribution in [0, 0.1) is 0 Å². The molecule has 0 bridgehead atoms. The van der Waals surface area contributed by atoms with E-state index in [4.69, 9.17) is 20.3 Å². The van der Waals surface area contributed by atoms with Crippen molar-refractivity contribution in [3.05, 3.63) is 34.9 Å². The van der Waals surface area contributed by atoms with Crippen LogP contribution in [0.15, 0.2) is 18.2 Å². The smallest absolute Gasteiger partial charge is 0.378 e. The number of phosphoric acid groups is 1. The van der Waals surface area contributed by atoms with Crippen LogP contribution < -0.4 is 5.73 Å². The maximum Gasteiger partial charge on any atom is 0.469 e. The van der Waals surface area contributed by atoms with Gasteiger partial charge in [0.15, 0.2) is 0 Å². The molecular weight excluding hydrogens is 389 g/mol. The second kappa shape index (κ2) is 10.0. The average molecular weight is 426 g/mol. The minimum Gasteiger partial charge on any atom is -0.378 e. The van der Waals surface area contributed by atoms with Gasteiger partial charge >= 0.3 is 7.82 Å². The molecule has 0 saturated heterocycles. The first kappa shape index (κ1) is 22.9. The summed E-state index contributed by atoms with van der Waals surface area (Å²) < 4.78 is 21.8. The Morgan fingerprint density at radius 3 is 2.79 bits per heavy atom. The summed E-state index contributed by atoms with van der Waals surface area (Å²) in [6.07, 6.45) is 10.7. The minimum atomic E-state index is -4.48. The molecule has 0 radical (unpaired) electrons. The topological polar surface area (TPSA) is 102 Å². The molecule has 1 unspecified atom stereocenters. The van der Waals surface area contributed by atoms with Gasteiger partial charge in [0.2, 0.25) is 0 Å². The fourth-order valence-corrected chi connectivity index (χ4v) is 5.13. The maximum absolute atomic E-state index is 11.0. The van der Waals surface area contributed by atoms with Crippen molar-refractivity contribution in [3.8, 4) is 0 Å². The first-order chi connectivity index (χ1) is 13.8. The molecule has 1 fully saturated rings. The van der Waals surface area contributed by atoms with Crippen LogP contribution in [0.25, 0.3) is 0 Å². The molecule has 6 nitrogen and oxygen atoms in total. The normalized spacial score (nSPS) is 27.2. The predicted molar refractivity (Wildman–Crippen MR) is 114 cm³/mol. The van der Waals surface area contributed by atoms with Gasteiger partial charge in [0.25, 0.3) is 0 Å². The zero-order valence-corrected chi connectivity index (χ0v) is 18.4. The molecule has 3 rings (SSSR count). The van der Waals surface area contributed by atoms with Crippen molar-refractivity contribution >= 4 is 7.82 Å². The third kappa shape index (κ3) is 6.88. The van der Waals surface area contributed by atoms with Gasteiger partial charge in [-0.1, -0.05) is 44.4 Å². The van der Waals surface area contributed by atoms with Crippen molar-refractivity contribution in [2.75, 3.05) is 13.2 Å². The second-order valence-corrected chi connectivity index (χ2v) is 10.1. The van der Waals surface area contributed by atoms with Crippen LogP contribution in [0.4, 0.5) is 0 Å². The molecule has 0 spiro atoms. The number of aryl methyl sites for hydroxylation is 1. The van der Waals surface area contributed by atoms with Crippen LogP contribution in [-0.2, 0) is 26.7 Å². The Morgan fingerprint density at radius 1 is 1.21 bits per heavy atom. The van der Waals surface area contributed by atoms with Gasteiger partial charge < -0.3 is 20.3 Å². The first-order valence-corrected chi connectivity index (χ1v) is 12.5. The second-order valence-electron chi connectivity index (χ2n) is 8.89. The number of ether oxygens (including phenoxy) is 1. The number of hydrogen-bond donors (Lipinski definition) is 3. The molecule has 1 aromatic rings. The van der Waals surface area contributed by atoms with Crippen LogP contribution >= 0.6 is 7.82 Å². The van der Waals surface area contributed by atoms with Gasteiger partial charge in [-0.25, -0.2) is 4.57 Å². The molecule has 0 heterocycles. The zero-order valence-electron chi connectivity index (χ0n) is 17.5. The number of fused-ring (bicyclic) bond motifs is 1. The van der Waals surface area contributed by atoms with Gasteiger partial charge in [-0.2, -0.15) is 0 Å².